The van der Waals surface area contributed by atoms with Gasteiger partial charge in [0.1, 0.15) is 5.69 Å². The summed E-state index contributed by atoms with van der Waals surface area (Å²) >= 11 is 0. The third kappa shape index (κ3) is 3.02. The van der Waals surface area contributed by atoms with Crippen molar-refractivity contribution in [2.24, 2.45) is 12.0 Å². The van der Waals surface area contributed by atoms with Gasteiger partial charge in [-0.2, -0.15) is 0 Å². The summed E-state index contributed by atoms with van der Waals surface area (Å²) in [6.45, 7) is 1.95. The second-order valence-corrected chi connectivity index (χ2v) is 7.57. The summed E-state index contributed by atoms with van der Waals surface area (Å²) in [5, 5.41) is 12.2. The first-order chi connectivity index (χ1) is 15.5. The number of rotatable bonds is 3. The van der Waals surface area contributed by atoms with Crippen LogP contribution in [0.25, 0.3) is 27.6 Å². The minimum atomic E-state index is -0.483. The van der Waals surface area contributed by atoms with E-state index in [1.54, 1.807) is 61.6 Å². The van der Waals surface area contributed by atoms with E-state index in [-0.39, 0.29) is 11.4 Å². The Morgan fingerprint density at radius 1 is 0.938 bits per heavy atom. The zero-order chi connectivity index (χ0) is 22.4. The summed E-state index contributed by atoms with van der Waals surface area (Å²) in [5.41, 5.74) is 3.06. The lowest BCUT2D eigenvalue weighted by atomic mass is 10.1. The molecule has 0 atom stereocenters. The maximum absolute atomic E-state index is 13.2. The smallest absolute Gasteiger partial charge is 0.419 e. The number of hydrogen-bond donors (Lipinski definition) is 1. The molecular formula is C25H19N3O4. The van der Waals surface area contributed by atoms with Gasteiger partial charge in [-0.3, -0.25) is 14.4 Å². The van der Waals surface area contributed by atoms with E-state index in [1.807, 2.05) is 19.1 Å². The third-order valence-electron chi connectivity index (χ3n) is 5.53. The van der Waals surface area contributed by atoms with Crippen LogP contribution in [0.5, 0.6) is 5.88 Å². The lowest BCUT2D eigenvalue weighted by Crippen LogP contribution is -2.20. The van der Waals surface area contributed by atoms with E-state index < -0.39 is 5.76 Å². The van der Waals surface area contributed by atoms with Crippen LogP contribution in [0.3, 0.4) is 0 Å². The van der Waals surface area contributed by atoms with Crippen LogP contribution in [0.1, 0.15) is 11.1 Å². The van der Waals surface area contributed by atoms with Gasteiger partial charge >= 0.3 is 5.76 Å². The molecule has 0 unspecified atom stereocenters. The minimum absolute atomic E-state index is 0.219. The number of para-hydroxylation sites is 1. The van der Waals surface area contributed by atoms with Crippen molar-refractivity contribution in [1.29, 1.82) is 0 Å². The molecule has 32 heavy (non-hydrogen) atoms. The highest BCUT2D eigenvalue weighted by atomic mass is 16.4. The fraction of sp³-hybridized carbons (Fsp3) is 0.0800. The molecule has 2 aromatic heterocycles. The summed E-state index contributed by atoms with van der Waals surface area (Å²) in [6, 6.07) is 19.6. The molecular weight excluding hydrogens is 406 g/mol. The van der Waals surface area contributed by atoms with E-state index in [0.29, 0.717) is 38.8 Å². The molecule has 0 aliphatic rings. The van der Waals surface area contributed by atoms with Crippen molar-refractivity contribution in [2.45, 2.75) is 6.92 Å². The molecule has 1 N–H and O–H groups in total. The van der Waals surface area contributed by atoms with Gasteiger partial charge in [0.25, 0.3) is 5.56 Å². The van der Waals surface area contributed by atoms with Crippen LogP contribution in [0, 0.1) is 6.92 Å². The van der Waals surface area contributed by atoms with Gasteiger partial charge < -0.3 is 9.52 Å². The van der Waals surface area contributed by atoms with E-state index >= 15 is 0 Å². The average molecular weight is 425 g/mol. The maximum atomic E-state index is 13.2. The number of pyridine rings is 1. The van der Waals surface area contributed by atoms with Crippen LogP contribution in [0.15, 0.2) is 85.7 Å². The molecule has 0 aliphatic carbocycles. The number of aromatic hydroxyl groups is 1. The first-order valence-electron chi connectivity index (χ1n) is 10.0. The molecule has 158 valence electrons. The highest BCUT2D eigenvalue weighted by molar-refractivity contribution is 6.03. The first-order valence-corrected chi connectivity index (χ1v) is 10.0. The molecule has 2 heterocycles. The van der Waals surface area contributed by atoms with Crippen molar-refractivity contribution in [3.05, 3.63) is 98.8 Å². The molecule has 0 radical (unpaired) electrons. The molecule has 0 amide bonds. The Morgan fingerprint density at radius 2 is 1.66 bits per heavy atom. The molecule has 5 rings (SSSR count). The Kier molecular flexibility index (Phi) is 4.52. The highest BCUT2D eigenvalue weighted by Crippen LogP contribution is 2.29. The van der Waals surface area contributed by atoms with Crippen molar-refractivity contribution in [1.82, 2.24) is 9.13 Å². The Hall–Kier alpha value is -4.39. The zero-order valence-electron chi connectivity index (χ0n) is 17.4. The molecule has 7 heteroatoms. The van der Waals surface area contributed by atoms with Crippen LogP contribution in [0.2, 0.25) is 0 Å². The van der Waals surface area contributed by atoms with E-state index in [4.69, 9.17) is 4.42 Å². The molecule has 0 spiro atoms. The van der Waals surface area contributed by atoms with Crippen molar-refractivity contribution in [3.8, 4) is 11.6 Å². The number of aliphatic imine (C=N–C) groups is 1. The van der Waals surface area contributed by atoms with E-state index in [0.717, 1.165) is 5.56 Å². The Bertz CT molecular complexity index is 1640. The van der Waals surface area contributed by atoms with Gasteiger partial charge in [-0.25, -0.2) is 9.36 Å². The molecule has 3 aromatic carbocycles. The number of nitrogens with zero attached hydrogens (tertiary/aromatic N) is 3. The number of oxazole rings is 1. The molecule has 0 fully saturated rings. The molecule has 0 bridgehead atoms. The normalized spacial score (nSPS) is 11.7. The SMILES string of the molecule is Cc1ccc(-n2c(O)c(C=Nc3cccc4c3oc(=O)n4C)c3ccccc3c2=O)cc1. The summed E-state index contributed by atoms with van der Waals surface area (Å²) in [7, 11) is 1.62. The van der Waals surface area contributed by atoms with Crippen LogP contribution in [-0.4, -0.2) is 20.5 Å². The van der Waals surface area contributed by atoms with Crippen molar-refractivity contribution < 1.29 is 9.52 Å². The van der Waals surface area contributed by atoms with Gasteiger partial charge in [0.2, 0.25) is 5.88 Å². The number of aryl methyl sites for hydroxylation is 2. The monoisotopic (exact) mass is 425 g/mol. The average Bonchev–Trinajstić information content (AvgIpc) is 3.09. The topological polar surface area (TPSA) is 89.7 Å². The summed E-state index contributed by atoms with van der Waals surface area (Å²) < 4.78 is 8.01. The van der Waals surface area contributed by atoms with Crippen LogP contribution >= 0.6 is 0 Å². The summed E-state index contributed by atoms with van der Waals surface area (Å²) in [4.78, 5) is 29.6. The van der Waals surface area contributed by atoms with Gasteiger partial charge in [-0.1, -0.05) is 42.0 Å². The fourth-order valence-corrected chi connectivity index (χ4v) is 3.79. The number of benzene rings is 3. The quantitative estimate of drug-likeness (QED) is 0.439. The lowest BCUT2D eigenvalue weighted by molar-refractivity contribution is 0.436. The zero-order valence-corrected chi connectivity index (χ0v) is 17.4. The Labute approximate surface area is 182 Å². The highest BCUT2D eigenvalue weighted by Gasteiger charge is 2.17. The van der Waals surface area contributed by atoms with Gasteiger partial charge in [-0.15, -0.1) is 0 Å². The predicted molar refractivity (Wildman–Crippen MR) is 125 cm³/mol. The molecule has 0 saturated heterocycles. The molecule has 5 aromatic rings. The summed E-state index contributed by atoms with van der Waals surface area (Å²) in [6.07, 6.45) is 1.49. The second-order valence-electron chi connectivity index (χ2n) is 7.57. The van der Waals surface area contributed by atoms with Crippen LogP contribution in [-0.2, 0) is 7.05 Å². The van der Waals surface area contributed by atoms with Gasteiger partial charge in [0, 0.05) is 24.0 Å². The predicted octanol–water partition coefficient (Wildman–Crippen LogP) is 4.20. The third-order valence-corrected chi connectivity index (χ3v) is 5.53. The van der Waals surface area contributed by atoms with Crippen molar-refractivity contribution in [3.63, 3.8) is 0 Å². The van der Waals surface area contributed by atoms with E-state index in [2.05, 4.69) is 4.99 Å². The molecule has 0 saturated carbocycles. The van der Waals surface area contributed by atoms with Gasteiger partial charge in [0.15, 0.2) is 5.58 Å². The lowest BCUT2D eigenvalue weighted by Gasteiger charge is -2.14. The summed E-state index contributed by atoms with van der Waals surface area (Å²) in [5.74, 6) is -0.702. The number of aromatic nitrogens is 2. The number of hydrogen-bond acceptors (Lipinski definition) is 5. The molecule has 0 aliphatic heterocycles. The van der Waals surface area contributed by atoms with Crippen LogP contribution in [0.4, 0.5) is 5.69 Å². The fourth-order valence-electron chi connectivity index (χ4n) is 3.79. The Balaban J connectivity index is 1.76. The number of fused-ring (bicyclic) bond motifs is 2. The first kappa shape index (κ1) is 19.6. The van der Waals surface area contributed by atoms with Crippen LogP contribution < -0.4 is 11.3 Å². The second kappa shape index (κ2) is 7.39. The van der Waals surface area contributed by atoms with Gasteiger partial charge in [-0.05, 0) is 37.3 Å². The standard InChI is InChI=1S/C25H19N3O4/c1-15-10-12-16(13-11-15)28-23(29)18-7-4-3-6-17(18)19(24(28)30)14-26-20-8-5-9-21-22(20)32-25(31)27(21)2/h3-14,30H,1-2H3. The Morgan fingerprint density at radius 3 is 2.41 bits per heavy atom. The maximum Gasteiger partial charge on any atom is 0.419 e. The largest absolute Gasteiger partial charge is 0.494 e. The van der Waals surface area contributed by atoms with E-state index in [1.165, 1.54) is 15.3 Å². The molecule has 7 nitrogen and oxygen atoms in total. The minimum Gasteiger partial charge on any atom is -0.494 e. The van der Waals surface area contributed by atoms with Gasteiger partial charge in [0.05, 0.1) is 16.8 Å². The van der Waals surface area contributed by atoms with E-state index in [9.17, 15) is 14.7 Å². The van der Waals surface area contributed by atoms with Crippen molar-refractivity contribution >= 4 is 33.8 Å². The van der Waals surface area contributed by atoms with Crippen molar-refractivity contribution in [2.75, 3.05) is 0 Å².